The molecule has 0 spiro atoms. The summed E-state index contributed by atoms with van der Waals surface area (Å²) in [5.41, 5.74) is 0. The molecule has 0 heterocycles. The third-order valence-corrected chi connectivity index (χ3v) is 11.6. The Morgan fingerprint density at radius 2 is 0.778 bits per heavy atom. The fraction of sp³-hybridized carbons (Fsp3) is 0.250. The molecule has 0 amide bonds. The van der Waals surface area contributed by atoms with E-state index in [0.717, 1.165) is 0 Å². The van der Waals surface area contributed by atoms with E-state index in [0.29, 0.717) is 0 Å². The topological polar surface area (TPSA) is 0 Å². The zero-order chi connectivity index (χ0) is 19.7. The molecule has 3 rings (SSSR count). The average Bonchev–Trinajstić information content (AvgIpc) is 2.62. The van der Waals surface area contributed by atoms with E-state index in [9.17, 15) is 0 Å². The van der Waals surface area contributed by atoms with Crippen molar-refractivity contribution in [2.24, 2.45) is 0 Å². The van der Waals surface area contributed by atoms with Gasteiger partial charge in [-0.05, 0) is 23.8 Å². The molecule has 0 aliphatic heterocycles. The highest BCUT2D eigenvalue weighted by Crippen LogP contribution is 2.32. The summed E-state index contributed by atoms with van der Waals surface area (Å²) in [4.78, 5) is 0. The van der Waals surface area contributed by atoms with Crippen molar-refractivity contribution in [2.75, 3.05) is 0 Å². The van der Waals surface area contributed by atoms with Crippen LogP contribution in [0.4, 0.5) is 0 Å². The van der Waals surface area contributed by atoms with Crippen molar-refractivity contribution in [1.82, 2.24) is 0 Å². The Morgan fingerprint density at radius 3 is 1.11 bits per heavy atom. The van der Waals surface area contributed by atoms with Gasteiger partial charge in [0.1, 0.15) is 0 Å². The number of hydrogen-bond acceptors (Lipinski definition) is 0. The SMILES string of the molecule is C[Si](C)(C)c1ccc(P(c2ccccc2)c2ccc([Si](C)(C)C)cc2)cc1. The third-order valence-electron chi connectivity index (χ3n) is 5.00. The Kier molecular flexibility index (Phi) is 5.91. The van der Waals surface area contributed by atoms with Crippen LogP contribution in [0, 0.1) is 0 Å². The van der Waals surface area contributed by atoms with Gasteiger partial charge in [0.2, 0.25) is 0 Å². The number of rotatable bonds is 5. The zero-order valence-electron chi connectivity index (χ0n) is 17.5. The average molecular weight is 407 g/mol. The molecule has 0 N–H and O–H groups in total. The first kappa shape index (κ1) is 20.3. The summed E-state index contributed by atoms with van der Waals surface area (Å²) in [7, 11) is -3.04. The van der Waals surface area contributed by atoms with Crippen molar-refractivity contribution in [3.05, 3.63) is 78.9 Å². The van der Waals surface area contributed by atoms with Gasteiger partial charge in [0.05, 0.1) is 16.1 Å². The molecule has 27 heavy (non-hydrogen) atoms. The van der Waals surface area contributed by atoms with Crippen LogP contribution in [0.2, 0.25) is 39.3 Å². The van der Waals surface area contributed by atoms with E-state index >= 15 is 0 Å². The minimum atomic E-state index is -1.27. The highest BCUT2D eigenvalue weighted by Gasteiger charge is 2.21. The quantitative estimate of drug-likeness (QED) is 0.431. The van der Waals surface area contributed by atoms with Gasteiger partial charge in [0, 0.05) is 0 Å². The third kappa shape index (κ3) is 4.87. The zero-order valence-corrected chi connectivity index (χ0v) is 20.3. The van der Waals surface area contributed by atoms with Crippen LogP contribution in [-0.2, 0) is 0 Å². The first-order valence-corrected chi connectivity index (χ1v) is 18.1. The van der Waals surface area contributed by atoms with Crippen LogP contribution in [0.25, 0.3) is 0 Å². The van der Waals surface area contributed by atoms with Gasteiger partial charge in [0.15, 0.2) is 0 Å². The van der Waals surface area contributed by atoms with E-state index in [1.807, 2.05) is 0 Å². The summed E-state index contributed by atoms with van der Waals surface area (Å²) >= 11 is 0. The molecule has 0 saturated heterocycles. The van der Waals surface area contributed by atoms with E-state index in [1.165, 1.54) is 26.3 Å². The molecule has 0 saturated carbocycles. The van der Waals surface area contributed by atoms with E-state index in [2.05, 4.69) is 118 Å². The number of hydrogen-bond donors (Lipinski definition) is 0. The van der Waals surface area contributed by atoms with E-state index in [1.54, 1.807) is 0 Å². The highest BCUT2D eigenvalue weighted by molar-refractivity contribution is 7.79. The molecule has 0 nitrogen and oxygen atoms in total. The molecule has 0 aliphatic carbocycles. The first-order chi connectivity index (χ1) is 12.7. The van der Waals surface area contributed by atoms with Gasteiger partial charge in [-0.15, -0.1) is 0 Å². The van der Waals surface area contributed by atoms with Crippen LogP contribution >= 0.6 is 7.92 Å². The molecule has 0 fully saturated rings. The minimum absolute atomic E-state index is 0.512. The van der Waals surface area contributed by atoms with Crippen molar-refractivity contribution < 1.29 is 0 Å². The molecular formula is C24H31PSi2. The lowest BCUT2D eigenvalue weighted by molar-refractivity contribution is 1.69. The normalized spacial score (nSPS) is 12.4. The number of benzene rings is 3. The van der Waals surface area contributed by atoms with E-state index in [-0.39, 0.29) is 0 Å². The molecule has 0 atom stereocenters. The van der Waals surface area contributed by atoms with Gasteiger partial charge in [-0.25, -0.2) is 0 Å². The smallest absolute Gasteiger partial charge is 0.0656 e. The lowest BCUT2D eigenvalue weighted by atomic mass is 10.3. The Balaban J connectivity index is 2.05. The molecule has 0 unspecified atom stereocenters. The summed E-state index contributed by atoms with van der Waals surface area (Å²) in [5, 5.41) is 7.37. The lowest BCUT2D eigenvalue weighted by Gasteiger charge is -2.23. The lowest BCUT2D eigenvalue weighted by Crippen LogP contribution is -2.38. The summed E-state index contributed by atoms with van der Waals surface area (Å²) in [5.74, 6) is 0. The highest BCUT2D eigenvalue weighted by atomic mass is 31.1. The maximum atomic E-state index is 2.41. The first-order valence-electron chi connectivity index (χ1n) is 9.72. The van der Waals surface area contributed by atoms with Crippen molar-refractivity contribution in [2.45, 2.75) is 39.3 Å². The largest absolute Gasteiger partial charge is 0.0775 e. The molecule has 0 bridgehead atoms. The van der Waals surface area contributed by atoms with Crippen LogP contribution in [0.1, 0.15) is 0 Å². The second-order valence-corrected chi connectivity index (χ2v) is 21.6. The molecule has 3 heteroatoms. The summed E-state index contributed by atoms with van der Waals surface area (Å²) in [6, 6.07) is 30.0. The van der Waals surface area contributed by atoms with Crippen molar-refractivity contribution in [3.8, 4) is 0 Å². The van der Waals surface area contributed by atoms with Gasteiger partial charge in [-0.1, -0.05) is 129 Å². The summed E-state index contributed by atoms with van der Waals surface area (Å²) < 4.78 is 0. The van der Waals surface area contributed by atoms with Crippen LogP contribution in [-0.4, -0.2) is 16.1 Å². The fourth-order valence-corrected chi connectivity index (χ4v) is 7.84. The van der Waals surface area contributed by atoms with Gasteiger partial charge in [-0.2, -0.15) is 0 Å². The monoisotopic (exact) mass is 406 g/mol. The van der Waals surface area contributed by atoms with Gasteiger partial charge in [-0.3, -0.25) is 0 Å². The van der Waals surface area contributed by atoms with Crippen molar-refractivity contribution in [3.63, 3.8) is 0 Å². The van der Waals surface area contributed by atoms with Crippen LogP contribution in [0.5, 0.6) is 0 Å². The molecular weight excluding hydrogens is 375 g/mol. The van der Waals surface area contributed by atoms with Gasteiger partial charge >= 0.3 is 0 Å². The predicted molar refractivity (Wildman–Crippen MR) is 131 cm³/mol. The Morgan fingerprint density at radius 1 is 0.444 bits per heavy atom. The maximum absolute atomic E-state index is 2.41. The molecule has 3 aromatic carbocycles. The van der Waals surface area contributed by atoms with E-state index in [4.69, 9.17) is 0 Å². The minimum Gasteiger partial charge on any atom is -0.0656 e. The molecule has 140 valence electrons. The Hall–Kier alpha value is -1.48. The molecule has 3 aromatic rings. The molecule has 0 radical (unpaired) electrons. The van der Waals surface area contributed by atoms with Crippen molar-refractivity contribution in [1.29, 1.82) is 0 Å². The van der Waals surface area contributed by atoms with Crippen LogP contribution < -0.4 is 26.3 Å². The van der Waals surface area contributed by atoms with Gasteiger partial charge < -0.3 is 0 Å². The van der Waals surface area contributed by atoms with Crippen LogP contribution in [0.3, 0.4) is 0 Å². The summed E-state index contributed by atoms with van der Waals surface area (Å²) in [6.07, 6.45) is 0. The standard InChI is InChI=1S/C24H31PSi2/c1-26(2,3)23-16-12-21(13-17-23)25(20-10-8-7-9-11-20)22-14-18-24(19-15-22)27(4,5)6/h7-19H,1-6H3. The Bertz CT molecular complexity index is 813. The predicted octanol–water partition coefficient (Wildman–Crippen LogP) is 4.54. The second kappa shape index (κ2) is 7.87. The molecule has 0 aromatic heterocycles. The second-order valence-electron chi connectivity index (χ2n) is 9.26. The summed E-state index contributed by atoms with van der Waals surface area (Å²) in [6.45, 7) is 14.5. The van der Waals surface area contributed by atoms with Crippen molar-refractivity contribution >= 4 is 50.4 Å². The van der Waals surface area contributed by atoms with Crippen LogP contribution in [0.15, 0.2) is 78.9 Å². The van der Waals surface area contributed by atoms with E-state index < -0.39 is 24.1 Å². The Labute approximate surface area is 168 Å². The molecule has 0 aliphatic rings. The van der Waals surface area contributed by atoms with Gasteiger partial charge in [0.25, 0.3) is 0 Å². The maximum Gasteiger partial charge on any atom is 0.0775 e. The fourth-order valence-electron chi connectivity index (χ4n) is 3.25.